The predicted molar refractivity (Wildman–Crippen MR) is 179 cm³/mol. The molecule has 0 N–H and O–H groups in total. The number of benzene rings is 6. The van der Waals surface area contributed by atoms with E-state index >= 15 is 0 Å². The second-order valence-electron chi connectivity index (χ2n) is 12.5. The Morgan fingerprint density at radius 2 is 1.27 bits per heavy atom. The van der Waals surface area contributed by atoms with Gasteiger partial charge in [0, 0.05) is 38.6 Å². The van der Waals surface area contributed by atoms with E-state index in [1.165, 1.54) is 33.2 Å². The molecule has 1 aliphatic heterocycles. The summed E-state index contributed by atoms with van der Waals surface area (Å²) in [6, 6.07) is 43.2. The second kappa shape index (κ2) is 9.65. The maximum Gasteiger partial charge on any atom is 0.193 e. The van der Waals surface area contributed by atoms with Crippen LogP contribution in [0.2, 0.25) is 0 Å². The zero-order valence-electron chi connectivity index (χ0n) is 25.1. The van der Waals surface area contributed by atoms with Crippen LogP contribution in [0.5, 0.6) is 5.75 Å². The van der Waals surface area contributed by atoms with Crippen LogP contribution in [-0.2, 0) is 11.0 Å². The van der Waals surface area contributed by atoms with E-state index in [-0.39, 0.29) is 11.2 Å². The molecule has 1 unspecified atom stereocenters. The van der Waals surface area contributed by atoms with Crippen molar-refractivity contribution in [1.82, 2.24) is 0 Å². The molecule has 2 heteroatoms. The van der Waals surface area contributed by atoms with Gasteiger partial charge < -0.3 is 4.74 Å². The molecule has 212 valence electrons. The summed E-state index contributed by atoms with van der Waals surface area (Å²) < 4.78 is 7.36. The van der Waals surface area contributed by atoms with E-state index in [4.69, 9.17) is 4.74 Å². The Bertz CT molecular complexity index is 2120. The van der Waals surface area contributed by atoms with Crippen molar-refractivity contribution in [2.45, 2.75) is 31.8 Å². The Balaban J connectivity index is 1.34. The van der Waals surface area contributed by atoms with Crippen molar-refractivity contribution in [3.8, 4) is 16.9 Å². The molecule has 0 spiro atoms. The number of hydrogen-bond acceptors (Lipinski definition) is 2. The van der Waals surface area contributed by atoms with E-state index in [1.807, 2.05) is 60.7 Å². The molecule has 44 heavy (non-hydrogen) atoms. The zero-order chi connectivity index (χ0) is 30.1. The van der Waals surface area contributed by atoms with Crippen LogP contribution < -0.4 is 4.74 Å². The third-order valence-corrected chi connectivity index (χ3v) is 9.51. The quantitative estimate of drug-likeness (QED) is 0.198. The Kier molecular flexibility index (Phi) is 5.80. The molecular weight excluding hydrogens is 536 g/mol. The first-order valence-corrected chi connectivity index (χ1v) is 15.2. The van der Waals surface area contributed by atoms with Gasteiger partial charge in [-0.05, 0) is 40.6 Å². The highest BCUT2D eigenvalue weighted by atomic mass is 16.5. The van der Waals surface area contributed by atoms with E-state index in [2.05, 4.69) is 99.7 Å². The van der Waals surface area contributed by atoms with Crippen LogP contribution in [-0.4, -0.2) is 5.78 Å². The van der Waals surface area contributed by atoms with Crippen molar-refractivity contribution in [3.63, 3.8) is 0 Å². The average molecular weight is 569 g/mol. The van der Waals surface area contributed by atoms with Gasteiger partial charge in [-0.2, -0.15) is 0 Å². The van der Waals surface area contributed by atoms with Gasteiger partial charge in [-0.15, -0.1) is 0 Å². The van der Waals surface area contributed by atoms with Crippen LogP contribution in [0, 0.1) is 6.92 Å². The van der Waals surface area contributed by atoms with E-state index in [9.17, 15) is 4.79 Å². The van der Waals surface area contributed by atoms with E-state index in [0.29, 0.717) is 11.1 Å². The standard InChI is InChI=1S/C42H32O2/c1-27-18-23-34-36(26-27)41(2,3)38-35-24-25-42(30-14-8-5-9-15-30,44-40(35)33-17-11-10-16-32(33)37(34)38)31-21-19-29(20-22-31)39(43)28-12-6-4-7-13-28/h4-26H,1-3H3. The molecule has 2 nitrogen and oxygen atoms in total. The summed E-state index contributed by atoms with van der Waals surface area (Å²) in [6.45, 7) is 6.84. The lowest BCUT2D eigenvalue weighted by Crippen LogP contribution is -2.35. The van der Waals surface area contributed by atoms with Gasteiger partial charge in [0.1, 0.15) is 5.75 Å². The average Bonchev–Trinajstić information content (AvgIpc) is 3.31. The minimum absolute atomic E-state index is 0.00922. The van der Waals surface area contributed by atoms with Crippen LogP contribution in [0.25, 0.3) is 28.0 Å². The van der Waals surface area contributed by atoms with Crippen molar-refractivity contribution >= 4 is 22.6 Å². The number of ether oxygens (including phenoxy) is 1. The molecular formula is C42H32O2. The molecule has 0 bridgehead atoms. The van der Waals surface area contributed by atoms with Crippen LogP contribution in [0.3, 0.4) is 0 Å². The van der Waals surface area contributed by atoms with Gasteiger partial charge in [-0.1, -0.05) is 153 Å². The number of carbonyl (C=O) groups is 1. The predicted octanol–water partition coefficient (Wildman–Crippen LogP) is 10.0. The highest BCUT2D eigenvalue weighted by molar-refractivity contribution is 6.09. The fourth-order valence-corrected chi connectivity index (χ4v) is 7.34. The summed E-state index contributed by atoms with van der Waals surface area (Å²) >= 11 is 0. The van der Waals surface area contributed by atoms with E-state index in [1.54, 1.807) is 0 Å². The molecule has 0 saturated heterocycles. The first-order chi connectivity index (χ1) is 21.4. The molecule has 6 aromatic carbocycles. The Morgan fingerprint density at radius 3 is 2.00 bits per heavy atom. The summed E-state index contributed by atoms with van der Waals surface area (Å²) in [5.74, 6) is 0.905. The fourth-order valence-electron chi connectivity index (χ4n) is 7.34. The fraction of sp³-hybridized carbons (Fsp3) is 0.119. The van der Waals surface area contributed by atoms with Crippen molar-refractivity contribution < 1.29 is 9.53 Å². The van der Waals surface area contributed by atoms with Gasteiger partial charge >= 0.3 is 0 Å². The lowest BCUT2D eigenvalue weighted by Gasteiger charge is -2.38. The van der Waals surface area contributed by atoms with Crippen molar-refractivity contribution in [3.05, 3.63) is 178 Å². The van der Waals surface area contributed by atoms with Crippen molar-refractivity contribution in [2.75, 3.05) is 0 Å². The first-order valence-electron chi connectivity index (χ1n) is 15.2. The Morgan fingerprint density at radius 1 is 0.659 bits per heavy atom. The number of fused-ring (bicyclic) bond motifs is 8. The summed E-state index contributed by atoms with van der Waals surface area (Å²) in [5.41, 5.74) is 9.98. The van der Waals surface area contributed by atoms with Crippen LogP contribution in [0.1, 0.15) is 63.1 Å². The summed E-state index contributed by atoms with van der Waals surface area (Å²) in [7, 11) is 0. The van der Waals surface area contributed by atoms with Gasteiger partial charge in [-0.25, -0.2) is 0 Å². The van der Waals surface area contributed by atoms with Crippen molar-refractivity contribution in [2.24, 2.45) is 0 Å². The molecule has 0 radical (unpaired) electrons. The molecule has 0 amide bonds. The Labute approximate surface area is 258 Å². The molecule has 0 saturated carbocycles. The minimum Gasteiger partial charge on any atom is -0.472 e. The summed E-state index contributed by atoms with van der Waals surface area (Å²) in [5, 5.41) is 2.31. The lowest BCUT2D eigenvalue weighted by atomic mass is 9.76. The first kappa shape index (κ1) is 26.4. The highest BCUT2D eigenvalue weighted by Gasteiger charge is 2.44. The molecule has 1 heterocycles. The molecule has 1 atom stereocenters. The largest absolute Gasteiger partial charge is 0.472 e. The molecule has 1 aliphatic carbocycles. The van der Waals surface area contributed by atoms with Crippen LogP contribution in [0.15, 0.2) is 133 Å². The number of ketones is 1. The van der Waals surface area contributed by atoms with Gasteiger partial charge in [0.25, 0.3) is 0 Å². The Hall–Kier alpha value is -5.21. The maximum atomic E-state index is 13.2. The lowest BCUT2D eigenvalue weighted by molar-refractivity contribution is 0.103. The highest BCUT2D eigenvalue weighted by Crippen LogP contribution is 2.58. The number of hydrogen-bond donors (Lipinski definition) is 0. The molecule has 0 aromatic heterocycles. The molecule has 0 fully saturated rings. The van der Waals surface area contributed by atoms with Crippen LogP contribution in [0.4, 0.5) is 0 Å². The third-order valence-electron chi connectivity index (χ3n) is 9.51. The molecule has 6 aromatic rings. The molecule has 2 aliphatic rings. The van der Waals surface area contributed by atoms with Crippen LogP contribution >= 0.6 is 0 Å². The number of rotatable bonds is 4. The van der Waals surface area contributed by atoms with Gasteiger partial charge in [0.15, 0.2) is 11.4 Å². The maximum absolute atomic E-state index is 13.2. The van der Waals surface area contributed by atoms with Crippen molar-refractivity contribution in [1.29, 1.82) is 0 Å². The van der Waals surface area contributed by atoms with Gasteiger partial charge in [0.2, 0.25) is 0 Å². The number of aryl methyl sites for hydroxylation is 1. The molecule has 8 rings (SSSR count). The van der Waals surface area contributed by atoms with Gasteiger partial charge in [-0.3, -0.25) is 4.79 Å². The zero-order valence-corrected chi connectivity index (χ0v) is 25.1. The third kappa shape index (κ3) is 3.77. The normalized spacial score (nSPS) is 17.4. The SMILES string of the molecule is Cc1ccc2c(c1)C(C)(C)c1c3c(c4ccccc4c1-2)OC(c1ccccc1)(c1ccc(C(=O)c2ccccc2)cc1)C=C3. The number of carbonyl (C=O) groups excluding carboxylic acids is 1. The smallest absolute Gasteiger partial charge is 0.193 e. The second-order valence-corrected chi connectivity index (χ2v) is 12.5. The van der Waals surface area contributed by atoms with Gasteiger partial charge in [0.05, 0.1) is 0 Å². The van der Waals surface area contributed by atoms with E-state index < -0.39 is 5.60 Å². The summed E-state index contributed by atoms with van der Waals surface area (Å²) in [6.07, 6.45) is 4.48. The minimum atomic E-state index is -0.869. The summed E-state index contributed by atoms with van der Waals surface area (Å²) in [4.78, 5) is 13.2. The topological polar surface area (TPSA) is 26.3 Å². The van der Waals surface area contributed by atoms with E-state index in [0.717, 1.165) is 27.8 Å². The monoisotopic (exact) mass is 568 g/mol.